The summed E-state index contributed by atoms with van der Waals surface area (Å²) in [6.07, 6.45) is 2.67. The predicted molar refractivity (Wildman–Crippen MR) is 102 cm³/mol. The van der Waals surface area contributed by atoms with Crippen LogP contribution in [0.5, 0.6) is 0 Å². The Morgan fingerprint density at radius 2 is 2.00 bits per heavy atom. The number of hydrogen-bond donors (Lipinski definition) is 3. The number of nitrogens with zero attached hydrogens (tertiary/aromatic N) is 2. The first-order chi connectivity index (χ1) is 13.0. The number of likely N-dealkylation sites (tertiary alicyclic amines) is 1. The van der Waals surface area contributed by atoms with Gasteiger partial charge in [-0.15, -0.1) is 0 Å². The Morgan fingerprint density at radius 1 is 1.26 bits per heavy atom. The molecule has 9 nitrogen and oxygen atoms in total. The van der Waals surface area contributed by atoms with Gasteiger partial charge >= 0.3 is 0 Å². The highest BCUT2D eigenvalue weighted by Crippen LogP contribution is 2.18. The summed E-state index contributed by atoms with van der Waals surface area (Å²) in [5.41, 5.74) is 6.22. The van der Waals surface area contributed by atoms with E-state index < -0.39 is 4.92 Å². The van der Waals surface area contributed by atoms with Gasteiger partial charge in [-0.25, -0.2) is 0 Å². The first kappa shape index (κ1) is 20.6. The molecule has 1 aromatic rings. The number of nitro benzene ring substituents is 1. The molecule has 0 aromatic heterocycles. The van der Waals surface area contributed by atoms with Crippen molar-refractivity contribution < 1.29 is 14.5 Å². The number of non-ortho nitro benzene ring substituents is 1. The molecule has 4 N–H and O–H groups in total. The van der Waals surface area contributed by atoms with Crippen LogP contribution in [0, 0.1) is 16.0 Å². The molecule has 148 valence electrons. The molecule has 1 unspecified atom stereocenters. The zero-order valence-electron chi connectivity index (χ0n) is 15.4. The maximum Gasteiger partial charge on any atom is 0.269 e. The number of rotatable bonds is 9. The van der Waals surface area contributed by atoms with Gasteiger partial charge in [0.05, 0.1) is 10.8 Å². The van der Waals surface area contributed by atoms with Crippen molar-refractivity contribution in [1.82, 2.24) is 10.2 Å². The minimum absolute atomic E-state index is 0.0298. The monoisotopic (exact) mass is 377 g/mol. The fraction of sp³-hybridized carbons (Fsp3) is 0.556. The van der Waals surface area contributed by atoms with E-state index in [9.17, 15) is 19.7 Å². The molecule has 27 heavy (non-hydrogen) atoms. The number of nitrogens with two attached hydrogens (primary N) is 1. The normalized spacial score (nSPS) is 16.6. The van der Waals surface area contributed by atoms with Gasteiger partial charge in [-0.1, -0.05) is 0 Å². The third kappa shape index (κ3) is 6.52. The number of hydrogen-bond acceptors (Lipinski definition) is 6. The molecule has 0 aliphatic carbocycles. The van der Waals surface area contributed by atoms with Crippen molar-refractivity contribution in [3.8, 4) is 0 Å². The summed E-state index contributed by atoms with van der Waals surface area (Å²) in [4.78, 5) is 36.4. The lowest BCUT2D eigenvalue weighted by atomic mass is 9.96. The van der Waals surface area contributed by atoms with Crippen LogP contribution >= 0.6 is 0 Å². The smallest absolute Gasteiger partial charge is 0.269 e. The van der Waals surface area contributed by atoms with Gasteiger partial charge in [-0.3, -0.25) is 19.7 Å². The third-order valence-electron chi connectivity index (χ3n) is 4.56. The van der Waals surface area contributed by atoms with Crippen LogP contribution in [0.1, 0.15) is 25.7 Å². The molecule has 1 fully saturated rings. The number of carbonyl (C=O) groups excluding carboxylic acids is 2. The van der Waals surface area contributed by atoms with Crippen molar-refractivity contribution in [3.63, 3.8) is 0 Å². The van der Waals surface area contributed by atoms with Gasteiger partial charge in [0.15, 0.2) is 0 Å². The summed E-state index contributed by atoms with van der Waals surface area (Å²) in [6.45, 7) is 2.61. The Labute approximate surface area is 158 Å². The van der Waals surface area contributed by atoms with Crippen LogP contribution in [0.15, 0.2) is 24.3 Å². The van der Waals surface area contributed by atoms with Crippen molar-refractivity contribution >= 4 is 23.2 Å². The Morgan fingerprint density at radius 3 is 2.67 bits per heavy atom. The minimum atomic E-state index is -0.440. The molecule has 1 aliphatic rings. The highest BCUT2D eigenvalue weighted by molar-refractivity contribution is 5.81. The molecule has 0 saturated carbocycles. The molecule has 1 atom stereocenters. The van der Waals surface area contributed by atoms with Gasteiger partial charge in [0, 0.05) is 57.0 Å². The zero-order valence-corrected chi connectivity index (χ0v) is 15.4. The molecule has 2 amide bonds. The van der Waals surface area contributed by atoms with Crippen molar-refractivity contribution in [3.05, 3.63) is 34.4 Å². The average Bonchev–Trinajstić information content (AvgIpc) is 2.69. The molecule has 9 heteroatoms. The second kappa shape index (κ2) is 10.5. The van der Waals surface area contributed by atoms with E-state index in [1.165, 1.54) is 12.1 Å². The van der Waals surface area contributed by atoms with Crippen LogP contribution < -0.4 is 16.4 Å². The largest absolute Gasteiger partial charge is 0.385 e. The molecule has 0 radical (unpaired) electrons. The molecule has 1 aromatic carbocycles. The number of piperidine rings is 1. The molecular formula is C18H27N5O4. The van der Waals surface area contributed by atoms with Gasteiger partial charge in [-0.05, 0) is 31.4 Å². The summed E-state index contributed by atoms with van der Waals surface area (Å²) in [5, 5.41) is 16.6. The summed E-state index contributed by atoms with van der Waals surface area (Å²) in [7, 11) is 0. The Hall–Kier alpha value is -2.68. The summed E-state index contributed by atoms with van der Waals surface area (Å²) < 4.78 is 0. The van der Waals surface area contributed by atoms with Crippen LogP contribution in [-0.2, 0) is 9.59 Å². The van der Waals surface area contributed by atoms with Crippen molar-refractivity contribution in [1.29, 1.82) is 0 Å². The highest BCUT2D eigenvalue weighted by Gasteiger charge is 2.27. The lowest BCUT2D eigenvalue weighted by Crippen LogP contribution is -2.46. The number of nitrogens with one attached hydrogen (secondary N) is 2. The van der Waals surface area contributed by atoms with Gasteiger partial charge in [0.2, 0.25) is 11.8 Å². The van der Waals surface area contributed by atoms with Crippen LogP contribution in [-0.4, -0.2) is 54.4 Å². The molecule has 1 heterocycles. The van der Waals surface area contributed by atoms with Gasteiger partial charge in [0.25, 0.3) is 5.69 Å². The predicted octanol–water partition coefficient (Wildman–Crippen LogP) is 1.10. The van der Waals surface area contributed by atoms with Crippen LogP contribution in [0.2, 0.25) is 0 Å². The topological polar surface area (TPSA) is 131 Å². The maximum absolute atomic E-state index is 12.4. The SMILES string of the molecule is NCCNC(=O)C1CCCN(C(=O)CCCNc2ccc([N+](=O)[O-])cc2)C1. The number of carbonyl (C=O) groups is 2. The molecule has 0 spiro atoms. The lowest BCUT2D eigenvalue weighted by Gasteiger charge is -2.32. The first-order valence-electron chi connectivity index (χ1n) is 9.25. The Bertz CT molecular complexity index is 650. The second-order valence-electron chi connectivity index (χ2n) is 6.59. The highest BCUT2D eigenvalue weighted by atomic mass is 16.6. The molecule has 1 saturated heterocycles. The van der Waals surface area contributed by atoms with Gasteiger partial charge < -0.3 is 21.3 Å². The third-order valence-corrected chi connectivity index (χ3v) is 4.56. The van der Waals surface area contributed by atoms with E-state index in [-0.39, 0.29) is 23.4 Å². The summed E-state index contributed by atoms with van der Waals surface area (Å²) >= 11 is 0. The van der Waals surface area contributed by atoms with E-state index in [2.05, 4.69) is 10.6 Å². The summed E-state index contributed by atoms with van der Waals surface area (Å²) in [6, 6.07) is 6.18. The van der Waals surface area contributed by atoms with E-state index >= 15 is 0 Å². The fourth-order valence-electron chi connectivity index (χ4n) is 3.09. The fourth-order valence-corrected chi connectivity index (χ4v) is 3.09. The number of benzene rings is 1. The molecule has 1 aliphatic heterocycles. The number of nitro groups is 1. The van der Waals surface area contributed by atoms with E-state index in [0.717, 1.165) is 18.5 Å². The first-order valence-corrected chi connectivity index (χ1v) is 9.25. The van der Waals surface area contributed by atoms with Crippen LogP contribution in [0.4, 0.5) is 11.4 Å². The molecule has 2 rings (SSSR count). The zero-order chi connectivity index (χ0) is 19.6. The quantitative estimate of drug-likeness (QED) is 0.336. The minimum Gasteiger partial charge on any atom is -0.385 e. The molecule has 0 bridgehead atoms. The van der Waals surface area contributed by atoms with Crippen molar-refractivity contribution in [2.75, 3.05) is 38.0 Å². The van der Waals surface area contributed by atoms with Gasteiger partial charge in [-0.2, -0.15) is 0 Å². The van der Waals surface area contributed by atoms with Crippen LogP contribution in [0.25, 0.3) is 0 Å². The van der Waals surface area contributed by atoms with Gasteiger partial charge in [0.1, 0.15) is 0 Å². The molecular weight excluding hydrogens is 350 g/mol. The number of amides is 2. The maximum atomic E-state index is 12.4. The van der Waals surface area contributed by atoms with E-state index in [1.54, 1.807) is 17.0 Å². The Kier molecular flexibility index (Phi) is 8.00. The average molecular weight is 377 g/mol. The van der Waals surface area contributed by atoms with Crippen LogP contribution in [0.3, 0.4) is 0 Å². The van der Waals surface area contributed by atoms with Crippen molar-refractivity contribution in [2.24, 2.45) is 11.7 Å². The van der Waals surface area contributed by atoms with Crippen molar-refractivity contribution in [2.45, 2.75) is 25.7 Å². The standard InChI is InChI=1S/C18H27N5O4/c19-9-11-21-18(25)14-3-2-12-22(13-14)17(24)4-1-10-20-15-5-7-16(8-6-15)23(26)27/h5-8,14,20H,1-4,9-13,19H2,(H,21,25). The number of anilines is 1. The second-order valence-corrected chi connectivity index (χ2v) is 6.59. The van der Waals surface area contributed by atoms with E-state index in [4.69, 9.17) is 5.73 Å². The lowest BCUT2D eigenvalue weighted by molar-refractivity contribution is -0.384. The summed E-state index contributed by atoms with van der Waals surface area (Å²) in [5.74, 6) is -0.137. The Balaban J connectivity index is 1.70. The van der Waals surface area contributed by atoms with E-state index in [0.29, 0.717) is 45.6 Å². The van der Waals surface area contributed by atoms with E-state index in [1.807, 2.05) is 0 Å².